The Balaban J connectivity index is 2.26. The second kappa shape index (κ2) is 7.43. The molecule has 1 aromatic rings. The summed E-state index contributed by atoms with van der Waals surface area (Å²) in [5.41, 5.74) is 1.46. The first kappa shape index (κ1) is 14.2. The van der Waals surface area contributed by atoms with E-state index in [-0.39, 0.29) is 12.0 Å². The molecule has 1 rings (SSSR count). The van der Waals surface area contributed by atoms with E-state index in [0.29, 0.717) is 13.2 Å². The number of hydrogen-bond donors (Lipinski definition) is 2. The van der Waals surface area contributed by atoms with E-state index in [1.807, 2.05) is 6.07 Å². The monoisotopic (exact) mass is 237 g/mol. The Labute approximate surface area is 104 Å². The van der Waals surface area contributed by atoms with Crippen molar-refractivity contribution in [3.05, 3.63) is 35.9 Å². The van der Waals surface area contributed by atoms with Gasteiger partial charge < -0.3 is 15.2 Å². The lowest BCUT2D eigenvalue weighted by atomic mass is 9.85. The summed E-state index contributed by atoms with van der Waals surface area (Å²) in [5, 5.41) is 11.9. The van der Waals surface area contributed by atoms with Gasteiger partial charge in [-0.2, -0.15) is 0 Å². The Morgan fingerprint density at radius 1 is 1.18 bits per heavy atom. The molecule has 0 amide bonds. The molecule has 96 valence electrons. The van der Waals surface area contributed by atoms with E-state index in [2.05, 4.69) is 43.4 Å². The van der Waals surface area contributed by atoms with E-state index in [1.165, 1.54) is 5.56 Å². The van der Waals surface area contributed by atoms with Crippen molar-refractivity contribution in [1.82, 2.24) is 5.32 Å². The average Bonchev–Trinajstić information content (AvgIpc) is 2.35. The number of rotatable bonds is 8. The molecule has 0 unspecified atom stereocenters. The van der Waals surface area contributed by atoms with Gasteiger partial charge in [0.1, 0.15) is 0 Å². The van der Waals surface area contributed by atoms with Gasteiger partial charge in [-0.3, -0.25) is 0 Å². The normalized spacial score (nSPS) is 11.7. The number of aliphatic hydroxyl groups excluding tert-OH is 1. The molecule has 3 nitrogen and oxygen atoms in total. The van der Waals surface area contributed by atoms with Gasteiger partial charge in [-0.1, -0.05) is 44.2 Å². The number of hydrogen-bond acceptors (Lipinski definition) is 3. The van der Waals surface area contributed by atoms with Crippen LogP contribution in [0.2, 0.25) is 0 Å². The summed E-state index contributed by atoms with van der Waals surface area (Å²) in [5.74, 6) is 0. The molecule has 1 aromatic carbocycles. The smallest absolute Gasteiger partial charge is 0.0698 e. The largest absolute Gasteiger partial charge is 0.394 e. The molecule has 2 N–H and O–H groups in total. The minimum atomic E-state index is 0.0928. The molecule has 0 bridgehead atoms. The van der Waals surface area contributed by atoms with Crippen molar-refractivity contribution >= 4 is 0 Å². The average molecular weight is 237 g/mol. The predicted molar refractivity (Wildman–Crippen MR) is 70.2 cm³/mol. The van der Waals surface area contributed by atoms with Crippen LogP contribution in [-0.2, 0) is 10.2 Å². The van der Waals surface area contributed by atoms with Gasteiger partial charge in [-0.15, -0.1) is 0 Å². The molecule has 3 heteroatoms. The van der Waals surface area contributed by atoms with Crippen molar-refractivity contribution in [3.8, 4) is 0 Å². The third-order valence-corrected chi connectivity index (χ3v) is 2.78. The zero-order valence-corrected chi connectivity index (χ0v) is 10.8. The number of benzene rings is 1. The van der Waals surface area contributed by atoms with Crippen LogP contribution in [0, 0.1) is 0 Å². The molecule has 0 aliphatic rings. The van der Waals surface area contributed by atoms with Crippen LogP contribution in [0.3, 0.4) is 0 Å². The molecule has 0 heterocycles. The van der Waals surface area contributed by atoms with E-state index in [0.717, 1.165) is 13.1 Å². The minimum Gasteiger partial charge on any atom is -0.394 e. The highest BCUT2D eigenvalue weighted by Gasteiger charge is 2.19. The van der Waals surface area contributed by atoms with Crippen LogP contribution < -0.4 is 5.32 Å². The Hall–Kier alpha value is -0.900. The molecule has 17 heavy (non-hydrogen) atoms. The van der Waals surface area contributed by atoms with Gasteiger partial charge >= 0.3 is 0 Å². The zero-order chi connectivity index (χ0) is 12.6. The van der Waals surface area contributed by atoms with Crippen LogP contribution in [0.5, 0.6) is 0 Å². The van der Waals surface area contributed by atoms with Crippen molar-refractivity contribution in [1.29, 1.82) is 0 Å². The molecule has 0 saturated carbocycles. The van der Waals surface area contributed by atoms with Crippen molar-refractivity contribution in [2.45, 2.75) is 19.3 Å². The van der Waals surface area contributed by atoms with Crippen molar-refractivity contribution < 1.29 is 9.84 Å². The number of ether oxygens (including phenoxy) is 1. The molecule has 0 atom stereocenters. The molecule has 0 aliphatic heterocycles. The molecule has 0 spiro atoms. The van der Waals surface area contributed by atoms with E-state index in [4.69, 9.17) is 9.84 Å². The van der Waals surface area contributed by atoms with Crippen molar-refractivity contribution in [2.75, 3.05) is 32.9 Å². The van der Waals surface area contributed by atoms with E-state index in [1.54, 1.807) is 0 Å². The molecule has 0 aromatic heterocycles. The summed E-state index contributed by atoms with van der Waals surface area (Å²) >= 11 is 0. The fraction of sp³-hybridized carbons (Fsp3) is 0.571. The van der Waals surface area contributed by atoms with Gasteiger partial charge in [0.15, 0.2) is 0 Å². The quantitative estimate of drug-likeness (QED) is 0.674. The zero-order valence-electron chi connectivity index (χ0n) is 10.8. The summed E-state index contributed by atoms with van der Waals surface area (Å²) in [6.07, 6.45) is 0. The van der Waals surface area contributed by atoms with Crippen molar-refractivity contribution in [2.24, 2.45) is 0 Å². The summed E-state index contributed by atoms with van der Waals surface area (Å²) in [7, 11) is 0. The van der Waals surface area contributed by atoms with Crippen LogP contribution in [0.15, 0.2) is 30.3 Å². The van der Waals surface area contributed by atoms with Crippen LogP contribution in [-0.4, -0.2) is 38.0 Å². The number of nitrogens with one attached hydrogen (secondary N) is 1. The van der Waals surface area contributed by atoms with E-state index < -0.39 is 0 Å². The summed E-state index contributed by atoms with van der Waals surface area (Å²) in [4.78, 5) is 0. The first-order valence-corrected chi connectivity index (χ1v) is 6.11. The first-order chi connectivity index (χ1) is 8.17. The molecular weight excluding hydrogens is 214 g/mol. The molecular formula is C14H23NO2. The summed E-state index contributed by atoms with van der Waals surface area (Å²) < 4.78 is 5.19. The van der Waals surface area contributed by atoms with E-state index >= 15 is 0 Å². The van der Waals surface area contributed by atoms with Gasteiger partial charge in [-0.25, -0.2) is 0 Å². The fourth-order valence-corrected chi connectivity index (χ4v) is 1.70. The Bertz CT molecular complexity index is 298. The van der Waals surface area contributed by atoms with Gasteiger partial charge in [-0.05, 0) is 5.56 Å². The highest BCUT2D eigenvalue weighted by atomic mass is 16.5. The molecule has 0 fully saturated rings. The first-order valence-electron chi connectivity index (χ1n) is 6.11. The lowest BCUT2D eigenvalue weighted by Crippen LogP contribution is -2.34. The second-order valence-corrected chi connectivity index (χ2v) is 4.76. The van der Waals surface area contributed by atoms with Gasteiger partial charge in [0, 0.05) is 18.5 Å². The molecule has 0 saturated heterocycles. The third kappa shape index (κ3) is 5.31. The van der Waals surface area contributed by atoms with Gasteiger partial charge in [0.2, 0.25) is 0 Å². The van der Waals surface area contributed by atoms with Crippen LogP contribution in [0.1, 0.15) is 19.4 Å². The van der Waals surface area contributed by atoms with E-state index in [9.17, 15) is 0 Å². The second-order valence-electron chi connectivity index (χ2n) is 4.76. The Kier molecular flexibility index (Phi) is 6.19. The fourth-order valence-electron chi connectivity index (χ4n) is 1.70. The van der Waals surface area contributed by atoms with Gasteiger partial charge in [0.05, 0.1) is 19.8 Å². The Morgan fingerprint density at radius 3 is 2.53 bits per heavy atom. The third-order valence-electron chi connectivity index (χ3n) is 2.78. The minimum absolute atomic E-state index is 0.0928. The number of aliphatic hydroxyl groups is 1. The van der Waals surface area contributed by atoms with Crippen molar-refractivity contribution in [3.63, 3.8) is 0 Å². The van der Waals surface area contributed by atoms with Crippen LogP contribution in [0.25, 0.3) is 0 Å². The lowest BCUT2D eigenvalue weighted by Gasteiger charge is -2.25. The lowest BCUT2D eigenvalue weighted by molar-refractivity contribution is 0.0934. The summed E-state index contributed by atoms with van der Waals surface area (Å²) in [6, 6.07) is 10.5. The topological polar surface area (TPSA) is 41.5 Å². The maximum absolute atomic E-state index is 8.56. The Morgan fingerprint density at radius 2 is 1.88 bits per heavy atom. The SMILES string of the molecule is CC(C)(CNCCOCCO)c1ccccc1. The highest BCUT2D eigenvalue weighted by molar-refractivity contribution is 5.23. The van der Waals surface area contributed by atoms with Crippen LogP contribution in [0.4, 0.5) is 0 Å². The van der Waals surface area contributed by atoms with Crippen LogP contribution >= 0.6 is 0 Å². The highest BCUT2D eigenvalue weighted by Crippen LogP contribution is 2.21. The molecule has 0 aliphatic carbocycles. The van der Waals surface area contributed by atoms with Gasteiger partial charge in [0.25, 0.3) is 0 Å². The maximum Gasteiger partial charge on any atom is 0.0698 e. The standard InChI is InChI=1S/C14H23NO2/c1-14(2,13-6-4-3-5-7-13)12-15-8-10-17-11-9-16/h3-7,15-16H,8-12H2,1-2H3. The summed E-state index contributed by atoms with van der Waals surface area (Å²) in [6.45, 7) is 7.34. The maximum atomic E-state index is 8.56. The predicted octanol–water partition coefficient (Wildman–Crippen LogP) is 1.56. The molecule has 0 radical (unpaired) electrons.